The second kappa shape index (κ2) is 9.37. The monoisotopic (exact) mass is 427 g/mol. The van der Waals surface area contributed by atoms with Crippen LogP contribution in [0.2, 0.25) is 0 Å². The summed E-state index contributed by atoms with van der Waals surface area (Å²) in [6.07, 6.45) is 9.99. The van der Waals surface area contributed by atoms with Crippen molar-refractivity contribution in [3.8, 4) is 5.75 Å². The van der Waals surface area contributed by atoms with Crippen molar-refractivity contribution >= 4 is 11.7 Å². The van der Waals surface area contributed by atoms with Crippen LogP contribution >= 0.6 is 0 Å². The lowest BCUT2D eigenvalue weighted by atomic mass is 9.75. The highest BCUT2D eigenvalue weighted by Gasteiger charge is 2.52. The Balaban J connectivity index is 1.10. The first kappa shape index (κ1) is 21.1. The van der Waals surface area contributed by atoms with Crippen LogP contribution in [-0.2, 0) is 4.74 Å². The van der Waals surface area contributed by atoms with E-state index in [1.165, 1.54) is 44.9 Å². The van der Waals surface area contributed by atoms with E-state index in [9.17, 15) is 4.79 Å². The van der Waals surface area contributed by atoms with Crippen LogP contribution in [-0.4, -0.2) is 55.9 Å². The molecule has 4 unspecified atom stereocenters. The smallest absolute Gasteiger partial charge is 0.319 e. The van der Waals surface area contributed by atoms with E-state index >= 15 is 0 Å². The molecule has 1 aromatic carbocycles. The van der Waals surface area contributed by atoms with Gasteiger partial charge in [0.1, 0.15) is 5.75 Å². The molecule has 2 amide bonds. The summed E-state index contributed by atoms with van der Waals surface area (Å²) in [6, 6.07) is 7.71. The molecular weight excluding hydrogens is 390 g/mol. The highest BCUT2D eigenvalue weighted by molar-refractivity contribution is 5.90. The van der Waals surface area contributed by atoms with Crippen molar-refractivity contribution in [1.82, 2.24) is 10.2 Å². The maximum atomic E-state index is 12.9. The average molecular weight is 428 g/mol. The SMILES string of the molecule is O=C(Nc1cccc(OCCCN2CCOCC2)c1)NC12CC3CCCC(C1)C(C3)C2. The number of hydrogen-bond donors (Lipinski definition) is 2. The Morgan fingerprint density at radius 2 is 2.03 bits per heavy atom. The first-order valence-corrected chi connectivity index (χ1v) is 12.3. The predicted molar refractivity (Wildman–Crippen MR) is 121 cm³/mol. The molecule has 1 heterocycles. The second-order valence-corrected chi connectivity index (χ2v) is 10.2. The second-order valence-electron chi connectivity index (χ2n) is 10.2. The average Bonchev–Trinajstić information content (AvgIpc) is 2.91. The molecule has 2 N–H and O–H groups in total. The van der Waals surface area contributed by atoms with E-state index in [0.29, 0.717) is 6.61 Å². The minimum Gasteiger partial charge on any atom is -0.493 e. The Bertz CT molecular complexity index is 762. The molecule has 1 saturated heterocycles. The number of rotatable bonds is 7. The number of carbonyl (C=O) groups is 1. The minimum absolute atomic E-state index is 0.0242. The van der Waals surface area contributed by atoms with Crippen LogP contribution in [0.3, 0.4) is 0 Å². The van der Waals surface area contributed by atoms with E-state index in [1.807, 2.05) is 24.3 Å². The first-order chi connectivity index (χ1) is 15.2. The van der Waals surface area contributed by atoms with Gasteiger partial charge in [-0.1, -0.05) is 25.3 Å². The lowest BCUT2D eigenvalue weighted by Gasteiger charge is -2.38. The van der Waals surface area contributed by atoms with Crippen LogP contribution in [0, 0.1) is 17.8 Å². The van der Waals surface area contributed by atoms with Gasteiger partial charge < -0.3 is 20.1 Å². The molecule has 4 fully saturated rings. The standard InChI is InChI=1S/C25H37N3O3/c29-24(27-25-16-19-4-1-5-20(17-25)21(14-19)18-25)26-22-6-2-7-23(15-22)31-11-3-8-28-9-12-30-13-10-28/h2,6-7,15,19-21H,1,3-5,8-14,16-18H2,(H2,26,27,29). The minimum atomic E-state index is -0.0647. The number of nitrogens with zero attached hydrogens (tertiary/aromatic N) is 1. The number of benzene rings is 1. The number of amides is 2. The fourth-order valence-electron chi connectivity index (χ4n) is 6.68. The summed E-state index contributed by atoms with van der Waals surface area (Å²) in [5.41, 5.74) is 0.821. The normalized spacial score (nSPS) is 32.5. The van der Waals surface area contributed by atoms with Crippen LogP contribution in [0.5, 0.6) is 5.75 Å². The number of hydrogen-bond acceptors (Lipinski definition) is 4. The van der Waals surface area contributed by atoms with Crippen LogP contribution in [0.25, 0.3) is 0 Å². The molecule has 0 radical (unpaired) electrons. The zero-order chi connectivity index (χ0) is 21.1. The van der Waals surface area contributed by atoms with Gasteiger partial charge in [0.2, 0.25) is 0 Å². The van der Waals surface area contributed by atoms with E-state index in [4.69, 9.17) is 9.47 Å². The zero-order valence-electron chi connectivity index (χ0n) is 18.6. The molecule has 1 aromatic rings. The molecular formula is C25H37N3O3. The van der Waals surface area contributed by atoms with E-state index in [0.717, 1.165) is 68.5 Å². The molecule has 6 heteroatoms. The Labute approximate surface area is 186 Å². The van der Waals surface area contributed by atoms with Crippen molar-refractivity contribution in [1.29, 1.82) is 0 Å². The maximum Gasteiger partial charge on any atom is 0.319 e. The van der Waals surface area contributed by atoms with Crippen LogP contribution in [0.15, 0.2) is 24.3 Å². The number of anilines is 1. The maximum absolute atomic E-state index is 12.9. The summed E-state index contributed by atoms with van der Waals surface area (Å²) < 4.78 is 11.3. The molecule has 3 saturated carbocycles. The van der Waals surface area contributed by atoms with Crippen LogP contribution in [0.1, 0.15) is 51.4 Å². The van der Waals surface area contributed by atoms with Gasteiger partial charge in [0.05, 0.1) is 19.8 Å². The molecule has 5 rings (SSSR count). The summed E-state index contributed by atoms with van der Waals surface area (Å²) in [5, 5.41) is 6.47. The van der Waals surface area contributed by atoms with Gasteiger partial charge in [-0.15, -0.1) is 0 Å². The van der Waals surface area contributed by atoms with Crippen LogP contribution < -0.4 is 15.4 Å². The Morgan fingerprint density at radius 3 is 2.94 bits per heavy atom. The summed E-state index contributed by atoms with van der Waals surface area (Å²) in [7, 11) is 0. The summed E-state index contributed by atoms with van der Waals surface area (Å²) in [4.78, 5) is 15.3. The molecule has 170 valence electrons. The highest BCUT2D eigenvalue weighted by atomic mass is 16.5. The van der Waals surface area contributed by atoms with Crippen molar-refractivity contribution < 1.29 is 14.3 Å². The van der Waals surface area contributed by atoms with Crippen molar-refractivity contribution in [2.24, 2.45) is 17.8 Å². The van der Waals surface area contributed by atoms with Gasteiger partial charge in [0, 0.05) is 36.9 Å². The Hall–Kier alpha value is -1.79. The number of ether oxygens (including phenoxy) is 2. The quantitative estimate of drug-likeness (QED) is 0.638. The van der Waals surface area contributed by atoms with Gasteiger partial charge in [0.15, 0.2) is 0 Å². The number of nitrogens with one attached hydrogen (secondary N) is 2. The molecule has 0 aromatic heterocycles. The fraction of sp³-hybridized carbons (Fsp3) is 0.720. The van der Waals surface area contributed by atoms with Gasteiger partial charge in [-0.05, 0) is 62.0 Å². The number of morpholine rings is 1. The van der Waals surface area contributed by atoms with Gasteiger partial charge in [-0.3, -0.25) is 4.90 Å². The van der Waals surface area contributed by atoms with Gasteiger partial charge >= 0.3 is 6.03 Å². The summed E-state index contributed by atoms with van der Waals surface area (Å²) >= 11 is 0. The summed E-state index contributed by atoms with van der Waals surface area (Å²) in [6.45, 7) is 5.41. The number of urea groups is 1. The predicted octanol–water partition coefficient (Wildman–Crippen LogP) is 4.27. The third kappa shape index (κ3) is 5.17. The molecule has 31 heavy (non-hydrogen) atoms. The molecule has 0 spiro atoms. The largest absolute Gasteiger partial charge is 0.493 e. The lowest BCUT2D eigenvalue weighted by Crippen LogP contribution is -2.51. The third-order valence-electron chi connectivity index (χ3n) is 7.94. The van der Waals surface area contributed by atoms with Gasteiger partial charge in [-0.2, -0.15) is 0 Å². The third-order valence-corrected chi connectivity index (χ3v) is 7.94. The van der Waals surface area contributed by atoms with Gasteiger partial charge in [0.25, 0.3) is 0 Å². The molecule has 4 aliphatic rings. The number of fused-ring (bicyclic) bond motifs is 2. The number of carbonyl (C=O) groups excluding carboxylic acids is 1. The molecule has 3 bridgehead atoms. The zero-order valence-corrected chi connectivity index (χ0v) is 18.6. The highest BCUT2D eigenvalue weighted by Crippen LogP contribution is 2.55. The lowest BCUT2D eigenvalue weighted by molar-refractivity contribution is 0.0358. The van der Waals surface area contributed by atoms with E-state index in [-0.39, 0.29) is 11.6 Å². The van der Waals surface area contributed by atoms with Gasteiger partial charge in [-0.25, -0.2) is 4.79 Å². The Kier molecular flexibility index (Phi) is 6.37. The molecule has 6 nitrogen and oxygen atoms in total. The van der Waals surface area contributed by atoms with Crippen molar-refractivity contribution in [3.63, 3.8) is 0 Å². The molecule has 1 aliphatic heterocycles. The molecule has 4 atom stereocenters. The topological polar surface area (TPSA) is 62.8 Å². The van der Waals surface area contributed by atoms with E-state index in [1.54, 1.807) is 0 Å². The van der Waals surface area contributed by atoms with Crippen molar-refractivity contribution in [2.75, 3.05) is 44.8 Å². The van der Waals surface area contributed by atoms with Crippen LogP contribution in [0.4, 0.5) is 10.5 Å². The van der Waals surface area contributed by atoms with E-state index < -0.39 is 0 Å². The van der Waals surface area contributed by atoms with Crippen molar-refractivity contribution in [2.45, 2.75) is 56.9 Å². The molecule has 3 aliphatic carbocycles. The van der Waals surface area contributed by atoms with E-state index in [2.05, 4.69) is 15.5 Å². The Morgan fingerprint density at radius 1 is 1.16 bits per heavy atom. The van der Waals surface area contributed by atoms with Crippen molar-refractivity contribution in [3.05, 3.63) is 24.3 Å². The summed E-state index contributed by atoms with van der Waals surface area (Å²) in [5.74, 6) is 3.27. The fourth-order valence-corrected chi connectivity index (χ4v) is 6.68. The first-order valence-electron chi connectivity index (χ1n) is 12.3.